The number of nitrogens with two attached hydrogens (primary N) is 1. The summed E-state index contributed by atoms with van der Waals surface area (Å²) in [4.78, 5) is 22.6. The van der Waals surface area contributed by atoms with E-state index in [1.54, 1.807) is 12.1 Å². The summed E-state index contributed by atoms with van der Waals surface area (Å²) in [5.74, 6) is 0.00770. The molecular weight excluding hydrogens is 254 g/mol. The van der Waals surface area contributed by atoms with Crippen LogP contribution in [-0.2, 0) is 11.3 Å². The molecule has 0 saturated carbocycles. The van der Waals surface area contributed by atoms with Crippen molar-refractivity contribution in [1.82, 2.24) is 10.6 Å². The third kappa shape index (κ3) is 5.40. The first kappa shape index (κ1) is 16.2. The van der Waals surface area contributed by atoms with Gasteiger partial charge in [0, 0.05) is 18.7 Å². The molecule has 0 heterocycles. The molecule has 0 fully saturated rings. The number of primary amides is 1. The number of aryl methyl sites for hydroxylation is 1. The Bertz CT molecular complexity index is 484. The van der Waals surface area contributed by atoms with E-state index < -0.39 is 5.91 Å². The minimum Gasteiger partial charge on any atom is -0.366 e. The summed E-state index contributed by atoms with van der Waals surface area (Å²) in [5.41, 5.74) is 7.75. The van der Waals surface area contributed by atoms with Gasteiger partial charge in [0.15, 0.2) is 0 Å². The highest BCUT2D eigenvalue weighted by atomic mass is 16.2. The topological polar surface area (TPSA) is 84.2 Å². The van der Waals surface area contributed by atoms with Crippen molar-refractivity contribution >= 4 is 11.8 Å². The second-order valence-electron chi connectivity index (χ2n) is 5.31. The van der Waals surface area contributed by atoms with Crippen molar-refractivity contribution in [3.63, 3.8) is 0 Å². The van der Waals surface area contributed by atoms with Gasteiger partial charge in [-0.3, -0.25) is 9.59 Å². The first-order valence-electron chi connectivity index (χ1n) is 6.77. The highest BCUT2D eigenvalue weighted by Gasteiger charge is 2.05. The fraction of sp³-hybridized carbons (Fsp3) is 0.467. The Morgan fingerprint density at radius 3 is 2.55 bits per heavy atom. The number of carbonyl (C=O) groups excluding carboxylic acids is 2. The van der Waals surface area contributed by atoms with E-state index in [9.17, 15) is 9.59 Å². The molecule has 4 N–H and O–H groups in total. The molecule has 0 spiro atoms. The second-order valence-corrected chi connectivity index (χ2v) is 5.31. The molecule has 0 aliphatic carbocycles. The zero-order valence-corrected chi connectivity index (χ0v) is 12.3. The normalized spacial score (nSPS) is 10.6. The highest BCUT2D eigenvalue weighted by molar-refractivity contribution is 5.93. The summed E-state index contributed by atoms with van der Waals surface area (Å²) in [5, 5.41) is 5.93. The van der Waals surface area contributed by atoms with Gasteiger partial charge in [0.2, 0.25) is 11.8 Å². The predicted octanol–water partition coefficient (Wildman–Crippen LogP) is 0.956. The number of nitrogens with one attached hydrogen (secondary N) is 2. The maximum Gasteiger partial charge on any atom is 0.248 e. The molecule has 1 aromatic carbocycles. The standard InChI is InChI=1S/C15H23N3O2/c1-10(2)7-18-14(19)9-17-8-13-5-4-12(15(16)20)6-11(13)3/h4-6,10,17H,7-9H2,1-3H3,(H2,16,20)(H,18,19). The number of hydrogen-bond acceptors (Lipinski definition) is 3. The Morgan fingerprint density at radius 1 is 1.30 bits per heavy atom. The van der Waals surface area contributed by atoms with E-state index in [1.165, 1.54) is 0 Å². The molecule has 0 atom stereocenters. The molecule has 5 nitrogen and oxygen atoms in total. The number of hydrogen-bond donors (Lipinski definition) is 3. The van der Waals surface area contributed by atoms with Gasteiger partial charge in [0.25, 0.3) is 0 Å². The lowest BCUT2D eigenvalue weighted by molar-refractivity contribution is -0.120. The van der Waals surface area contributed by atoms with Crippen molar-refractivity contribution in [3.05, 3.63) is 34.9 Å². The molecule has 0 saturated heterocycles. The van der Waals surface area contributed by atoms with Gasteiger partial charge in [-0.15, -0.1) is 0 Å². The van der Waals surface area contributed by atoms with Gasteiger partial charge >= 0.3 is 0 Å². The van der Waals surface area contributed by atoms with E-state index in [0.29, 0.717) is 24.6 Å². The smallest absolute Gasteiger partial charge is 0.248 e. The SMILES string of the molecule is Cc1cc(C(N)=O)ccc1CNCC(=O)NCC(C)C. The van der Waals surface area contributed by atoms with Gasteiger partial charge in [0.05, 0.1) is 6.54 Å². The van der Waals surface area contributed by atoms with Crippen LogP contribution in [0.3, 0.4) is 0 Å². The highest BCUT2D eigenvalue weighted by Crippen LogP contribution is 2.10. The van der Waals surface area contributed by atoms with E-state index in [-0.39, 0.29) is 12.5 Å². The van der Waals surface area contributed by atoms with Gasteiger partial charge in [-0.1, -0.05) is 19.9 Å². The predicted molar refractivity (Wildman–Crippen MR) is 79.3 cm³/mol. The summed E-state index contributed by atoms with van der Waals surface area (Å²) >= 11 is 0. The van der Waals surface area contributed by atoms with Gasteiger partial charge < -0.3 is 16.4 Å². The van der Waals surface area contributed by atoms with Crippen LogP contribution in [0.15, 0.2) is 18.2 Å². The summed E-state index contributed by atoms with van der Waals surface area (Å²) in [6.45, 7) is 7.58. The molecule has 0 radical (unpaired) electrons. The Kier molecular flexibility index (Phi) is 6.18. The molecule has 20 heavy (non-hydrogen) atoms. The lowest BCUT2D eigenvalue weighted by Gasteiger charge is -2.10. The second kappa shape index (κ2) is 7.65. The third-order valence-corrected chi connectivity index (χ3v) is 2.94. The number of benzene rings is 1. The Hall–Kier alpha value is -1.88. The molecule has 0 aromatic heterocycles. The van der Waals surface area contributed by atoms with Crippen LogP contribution in [0.4, 0.5) is 0 Å². The Balaban J connectivity index is 2.42. The quantitative estimate of drug-likeness (QED) is 0.694. The van der Waals surface area contributed by atoms with Crippen molar-refractivity contribution in [2.24, 2.45) is 11.7 Å². The van der Waals surface area contributed by atoms with Crippen LogP contribution >= 0.6 is 0 Å². The minimum absolute atomic E-state index is 0.00916. The maximum atomic E-state index is 11.5. The van der Waals surface area contributed by atoms with E-state index in [2.05, 4.69) is 24.5 Å². The van der Waals surface area contributed by atoms with E-state index >= 15 is 0 Å². The largest absolute Gasteiger partial charge is 0.366 e. The summed E-state index contributed by atoms with van der Waals surface area (Å²) < 4.78 is 0. The van der Waals surface area contributed by atoms with Gasteiger partial charge in [-0.05, 0) is 36.1 Å². The maximum absolute atomic E-state index is 11.5. The number of carbonyl (C=O) groups is 2. The summed E-state index contributed by atoms with van der Waals surface area (Å²) in [7, 11) is 0. The van der Waals surface area contributed by atoms with E-state index in [1.807, 2.05) is 13.0 Å². The van der Waals surface area contributed by atoms with Crippen LogP contribution < -0.4 is 16.4 Å². The van der Waals surface area contributed by atoms with Crippen molar-refractivity contribution in [3.8, 4) is 0 Å². The van der Waals surface area contributed by atoms with Crippen LogP contribution in [0.25, 0.3) is 0 Å². The first-order chi connectivity index (χ1) is 9.40. The molecule has 2 amide bonds. The first-order valence-corrected chi connectivity index (χ1v) is 6.77. The lowest BCUT2D eigenvalue weighted by Crippen LogP contribution is -2.35. The molecule has 1 rings (SSSR count). The lowest BCUT2D eigenvalue weighted by atomic mass is 10.0. The van der Waals surface area contributed by atoms with Gasteiger partial charge in [0.1, 0.15) is 0 Å². The minimum atomic E-state index is -0.430. The Labute approximate surface area is 119 Å². The van der Waals surface area contributed by atoms with Crippen LogP contribution in [0.1, 0.15) is 35.3 Å². The number of amides is 2. The number of rotatable bonds is 7. The van der Waals surface area contributed by atoms with Crippen LogP contribution in [-0.4, -0.2) is 24.9 Å². The molecule has 0 unspecified atom stereocenters. The van der Waals surface area contributed by atoms with Gasteiger partial charge in [-0.2, -0.15) is 0 Å². The fourth-order valence-corrected chi connectivity index (χ4v) is 1.74. The average Bonchev–Trinajstić information content (AvgIpc) is 2.38. The molecule has 0 aliphatic heterocycles. The zero-order valence-electron chi connectivity index (χ0n) is 12.3. The monoisotopic (exact) mass is 277 g/mol. The van der Waals surface area contributed by atoms with Gasteiger partial charge in [-0.25, -0.2) is 0 Å². The van der Waals surface area contributed by atoms with Crippen molar-refractivity contribution in [2.75, 3.05) is 13.1 Å². The van der Waals surface area contributed by atoms with Crippen molar-refractivity contribution < 1.29 is 9.59 Å². The molecule has 5 heteroatoms. The average molecular weight is 277 g/mol. The summed E-state index contributed by atoms with van der Waals surface area (Å²) in [6.07, 6.45) is 0. The molecule has 110 valence electrons. The zero-order chi connectivity index (χ0) is 15.1. The van der Waals surface area contributed by atoms with Crippen LogP contribution in [0, 0.1) is 12.8 Å². The molecular formula is C15H23N3O2. The van der Waals surface area contributed by atoms with E-state index in [0.717, 1.165) is 11.1 Å². The molecule has 1 aromatic rings. The van der Waals surface area contributed by atoms with Crippen LogP contribution in [0.2, 0.25) is 0 Å². The van der Waals surface area contributed by atoms with E-state index in [4.69, 9.17) is 5.73 Å². The van der Waals surface area contributed by atoms with Crippen molar-refractivity contribution in [1.29, 1.82) is 0 Å². The summed E-state index contributed by atoms with van der Waals surface area (Å²) in [6, 6.07) is 5.32. The van der Waals surface area contributed by atoms with Crippen LogP contribution in [0.5, 0.6) is 0 Å². The molecule has 0 aliphatic rings. The van der Waals surface area contributed by atoms with Crippen molar-refractivity contribution in [2.45, 2.75) is 27.3 Å². The third-order valence-electron chi connectivity index (χ3n) is 2.94. The Morgan fingerprint density at radius 2 is 2.00 bits per heavy atom. The fourth-order valence-electron chi connectivity index (χ4n) is 1.74. The molecule has 0 bridgehead atoms.